The molecule has 0 amide bonds. The summed E-state index contributed by atoms with van der Waals surface area (Å²) in [4.78, 5) is 0. The minimum atomic E-state index is -3.16. The highest BCUT2D eigenvalue weighted by atomic mass is 32.2. The van der Waals surface area contributed by atoms with Gasteiger partial charge in [-0.15, -0.1) is 0 Å². The molecule has 0 aliphatic rings. The van der Waals surface area contributed by atoms with Gasteiger partial charge in [-0.3, -0.25) is 0 Å². The zero-order valence-corrected chi connectivity index (χ0v) is 11.3. The number of hydrogen-bond donors (Lipinski definition) is 1. The number of nitrogens with one attached hydrogen (secondary N) is 1. The van der Waals surface area contributed by atoms with Gasteiger partial charge >= 0.3 is 0 Å². The summed E-state index contributed by atoms with van der Waals surface area (Å²) < 4.78 is 31.1. The van der Waals surface area contributed by atoms with E-state index in [-0.39, 0.29) is 11.8 Å². The Morgan fingerprint density at radius 2 is 2.06 bits per heavy atom. The Kier molecular flexibility index (Phi) is 3.73. The molecule has 1 heterocycles. The van der Waals surface area contributed by atoms with E-state index in [9.17, 15) is 8.42 Å². The number of fused-ring (bicyclic) bond motifs is 1. The van der Waals surface area contributed by atoms with Crippen LogP contribution in [0.25, 0.3) is 11.0 Å². The summed E-state index contributed by atoms with van der Waals surface area (Å²) in [5.41, 5.74) is 0.832. The third-order valence-electron chi connectivity index (χ3n) is 2.74. The SMILES string of the molecule is CCS(=O)(=O)N[C@H](C)Cc1cc2ccccc2o1. The molecule has 2 aromatic rings. The van der Waals surface area contributed by atoms with E-state index < -0.39 is 10.0 Å². The zero-order chi connectivity index (χ0) is 13.2. The van der Waals surface area contributed by atoms with Gasteiger partial charge < -0.3 is 4.42 Å². The molecule has 98 valence electrons. The maximum atomic E-state index is 11.4. The van der Waals surface area contributed by atoms with Gasteiger partial charge in [0.2, 0.25) is 10.0 Å². The maximum Gasteiger partial charge on any atom is 0.211 e. The topological polar surface area (TPSA) is 59.3 Å². The summed E-state index contributed by atoms with van der Waals surface area (Å²) >= 11 is 0. The molecule has 5 heteroatoms. The number of para-hydroxylation sites is 1. The Labute approximate surface area is 107 Å². The molecule has 18 heavy (non-hydrogen) atoms. The van der Waals surface area contributed by atoms with Gasteiger partial charge in [-0.05, 0) is 26.0 Å². The van der Waals surface area contributed by atoms with Crippen molar-refractivity contribution in [2.75, 3.05) is 5.75 Å². The highest BCUT2D eigenvalue weighted by Gasteiger charge is 2.14. The predicted octanol–water partition coefficient (Wildman–Crippen LogP) is 2.30. The maximum absolute atomic E-state index is 11.4. The fourth-order valence-electron chi connectivity index (χ4n) is 1.87. The second-order valence-corrected chi connectivity index (χ2v) is 6.42. The van der Waals surface area contributed by atoms with E-state index in [4.69, 9.17) is 4.42 Å². The molecule has 4 nitrogen and oxygen atoms in total. The van der Waals surface area contributed by atoms with Crippen LogP contribution >= 0.6 is 0 Å². The number of hydrogen-bond acceptors (Lipinski definition) is 3. The quantitative estimate of drug-likeness (QED) is 0.904. The van der Waals surface area contributed by atoms with Crippen molar-refractivity contribution < 1.29 is 12.8 Å². The summed E-state index contributed by atoms with van der Waals surface area (Å²) in [6.07, 6.45) is 0.550. The fraction of sp³-hybridized carbons (Fsp3) is 0.385. The van der Waals surface area contributed by atoms with Crippen molar-refractivity contribution in [2.45, 2.75) is 26.3 Å². The van der Waals surface area contributed by atoms with E-state index in [0.717, 1.165) is 16.7 Å². The van der Waals surface area contributed by atoms with Gasteiger partial charge in [-0.2, -0.15) is 0 Å². The molecule has 1 N–H and O–H groups in total. The minimum absolute atomic E-state index is 0.0947. The molecule has 0 radical (unpaired) electrons. The molecule has 0 saturated carbocycles. The van der Waals surface area contributed by atoms with Gasteiger partial charge in [0.1, 0.15) is 11.3 Å². The van der Waals surface area contributed by atoms with Gasteiger partial charge in [0.15, 0.2) is 0 Å². The molecule has 0 aliphatic heterocycles. The molecule has 0 aliphatic carbocycles. The molecule has 0 unspecified atom stereocenters. The van der Waals surface area contributed by atoms with Crippen LogP contribution < -0.4 is 4.72 Å². The second-order valence-electron chi connectivity index (χ2n) is 4.38. The molecule has 1 aromatic heterocycles. The first-order valence-electron chi connectivity index (χ1n) is 5.97. The monoisotopic (exact) mass is 267 g/mol. The lowest BCUT2D eigenvalue weighted by Gasteiger charge is -2.11. The summed E-state index contributed by atoms with van der Waals surface area (Å²) in [6, 6.07) is 9.52. The van der Waals surface area contributed by atoms with Crippen molar-refractivity contribution in [3.05, 3.63) is 36.1 Å². The Hall–Kier alpha value is -1.33. The van der Waals surface area contributed by atoms with Gasteiger partial charge in [0, 0.05) is 17.8 Å². The normalized spacial score (nSPS) is 13.9. The molecule has 0 bridgehead atoms. The van der Waals surface area contributed by atoms with Crippen LogP contribution in [0, 0.1) is 0 Å². The van der Waals surface area contributed by atoms with Crippen LogP contribution in [0.4, 0.5) is 0 Å². The average molecular weight is 267 g/mol. The molecular weight excluding hydrogens is 250 g/mol. The molecule has 1 atom stereocenters. The Bertz CT molecular complexity index is 597. The zero-order valence-electron chi connectivity index (χ0n) is 10.5. The van der Waals surface area contributed by atoms with E-state index in [2.05, 4.69) is 4.72 Å². The first-order valence-corrected chi connectivity index (χ1v) is 7.63. The molecule has 1 aromatic carbocycles. The standard InChI is InChI=1S/C13H17NO3S/c1-3-18(15,16)14-10(2)8-12-9-11-6-4-5-7-13(11)17-12/h4-7,9-10,14H,3,8H2,1-2H3/t10-/m1/s1. The van der Waals surface area contributed by atoms with E-state index in [0.29, 0.717) is 6.42 Å². The van der Waals surface area contributed by atoms with Gasteiger partial charge in [0.05, 0.1) is 5.75 Å². The van der Waals surface area contributed by atoms with Gasteiger partial charge in [-0.1, -0.05) is 18.2 Å². The van der Waals surface area contributed by atoms with Crippen molar-refractivity contribution in [1.82, 2.24) is 4.72 Å². The van der Waals surface area contributed by atoms with Crippen molar-refractivity contribution in [3.63, 3.8) is 0 Å². The van der Waals surface area contributed by atoms with Gasteiger partial charge in [-0.25, -0.2) is 13.1 Å². The van der Waals surface area contributed by atoms with Crippen LogP contribution in [0.15, 0.2) is 34.7 Å². The third kappa shape index (κ3) is 3.11. The number of sulfonamides is 1. The highest BCUT2D eigenvalue weighted by molar-refractivity contribution is 7.89. The predicted molar refractivity (Wildman–Crippen MR) is 72.0 cm³/mol. The summed E-state index contributed by atoms with van der Waals surface area (Å²) in [5.74, 6) is 0.889. The highest BCUT2D eigenvalue weighted by Crippen LogP contribution is 2.19. The largest absolute Gasteiger partial charge is 0.461 e. The van der Waals surface area contributed by atoms with E-state index in [1.165, 1.54) is 0 Å². The first-order chi connectivity index (χ1) is 8.50. The Morgan fingerprint density at radius 3 is 2.72 bits per heavy atom. The third-order valence-corrected chi connectivity index (χ3v) is 4.27. The molecule has 0 spiro atoms. The average Bonchev–Trinajstić information content (AvgIpc) is 2.70. The fourth-order valence-corrected chi connectivity index (χ4v) is 2.73. The molecule has 0 fully saturated rings. The van der Waals surface area contributed by atoms with E-state index >= 15 is 0 Å². The van der Waals surface area contributed by atoms with Crippen molar-refractivity contribution >= 4 is 21.0 Å². The number of rotatable bonds is 5. The smallest absolute Gasteiger partial charge is 0.211 e. The summed E-state index contributed by atoms with van der Waals surface area (Å²) in [7, 11) is -3.16. The lowest BCUT2D eigenvalue weighted by Crippen LogP contribution is -2.35. The first kappa shape index (κ1) is 13.1. The molecule has 0 saturated heterocycles. The van der Waals surface area contributed by atoms with Crippen molar-refractivity contribution in [1.29, 1.82) is 0 Å². The minimum Gasteiger partial charge on any atom is -0.461 e. The van der Waals surface area contributed by atoms with Crippen molar-refractivity contribution in [2.24, 2.45) is 0 Å². The second kappa shape index (κ2) is 5.12. The molecule has 2 rings (SSSR count). The molecular formula is C13H17NO3S. The van der Waals surface area contributed by atoms with Crippen molar-refractivity contribution in [3.8, 4) is 0 Å². The van der Waals surface area contributed by atoms with Crippen LogP contribution in [-0.2, 0) is 16.4 Å². The number of furan rings is 1. The lowest BCUT2D eigenvalue weighted by atomic mass is 10.2. The van der Waals surface area contributed by atoms with Crippen LogP contribution in [0.5, 0.6) is 0 Å². The Morgan fingerprint density at radius 1 is 1.33 bits per heavy atom. The van der Waals surface area contributed by atoms with E-state index in [1.807, 2.05) is 37.3 Å². The van der Waals surface area contributed by atoms with E-state index in [1.54, 1.807) is 6.92 Å². The summed E-state index contributed by atoms with van der Waals surface area (Å²) in [5, 5.41) is 1.04. The van der Waals surface area contributed by atoms with Crippen LogP contribution in [-0.4, -0.2) is 20.2 Å². The van der Waals surface area contributed by atoms with Crippen LogP contribution in [0.2, 0.25) is 0 Å². The van der Waals surface area contributed by atoms with Crippen LogP contribution in [0.1, 0.15) is 19.6 Å². The number of benzene rings is 1. The summed E-state index contributed by atoms with van der Waals surface area (Å²) in [6.45, 7) is 3.45. The Balaban J connectivity index is 2.09. The van der Waals surface area contributed by atoms with Gasteiger partial charge in [0.25, 0.3) is 0 Å². The van der Waals surface area contributed by atoms with Crippen LogP contribution in [0.3, 0.4) is 0 Å². The lowest BCUT2D eigenvalue weighted by molar-refractivity contribution is 0.504.